The van der Waals surface area contributed by atoms with Gasteiger partial charge in [-0.3, -0.25) is 0 Å². The molecule has 0 aromatic carbocycles. The Balaban J connectivity index is 2.34. The third-order valence-electron chi connectivity index (χ3n) is 4.69. The zero-order chi connectivity index (χ0) is 15.1. The fourth-order valence-electron chi connectivity index (χ4n) is 2.75. The van der Waals surface area contributed by atoms with Crippen molar-refractivity contribution in [3.05, 3.63) is 0 Å². The molecule has 1 aliphatic heterocycles. The third kappa shape index (κ3) is 5.17. The van der Waals surface area contributed by atoms with E-state index in [9.17, 15) is 9.90 Å². The molecule has 118 valence electrons. The van der Waals surface area contributed by atoms with Gasteiger partial charge in [-0.15, -0.1) is 0 Å². The van der Waals surface area contributed by atoms with Crippen LogP contribution in [-0.4, -0.2) is 41.3 Å². The summed E-state index contributed by atoms with van der Waals surface area (Å²) >= 11 is 1.95. The highest BCUT2D eigenvalue weighted by atomic mass is 32.2. The Morgan fingerprint density at radius 1 is 1.35 bits per heavy atom. The Labute approximate surface area is 127 Å². The fourth-order valence-corrected chi connectivity index (χ4v) is 4.00. The molecule has 5 heteroatoms. The summed E-state index contributed by atoms with van der Waals surface area (Å²) in [6.45, 7) is 8.01. The molecule has 0 spiro atoms. The van der Waals surface area contributed by atoms with Crippen LogP contribution >= 0.6 is 11.8 Å². The number of hydrogen-bond acceptors (Lipinski definition) is 3. The molecule has 1 atom stereocenters. The van der Waals surface area contributed by atoms with Crippen molar-refractivity contribution in [1.29, 1.82) is 0 Å². The van der Waals surface area contributed by atoms with Gasteiger partial charge in [0.15, 0.2) is 0 Å². The minimum Gasteiger partial charge on any atom is -0.396 e. The lowest BCUT2D eigenvalue weighted by Gasteiger charge is -2.31. The maximum absolute atomic E-state index is 11.9. The number of thioether (sulfide) groups is 1. The standard InChI is InChI=1S/C15H30N2O2S/c1-4-15(5-2,8-9-18)12-17-13(19)16-11-14(3)7-6-10-20-14/h18H,4-12H2,1-3H3,(H2,16,17,19). The van der Waals surface area contributed by atoms with Crippen molar-refractivity contribution in [1.82, 2.24) is 10.6 Å². The molecule has 0 aliphatic carbocycles. The van der Waals surface area contributed by atoms with Crippen molar-refractivity contribution in [2.24, 2.45) is 5.41 Å². The third-order valence-corrected chi connectivity index (χ3v) is 6.23. The smallest absolute Gasteiger partial charge is 0.314 e. The van der Waals surface area contributed by atoms with Gasteiger partial charge in [0.1, 0.15) is 0 Å². The monoisotopic (exact) mass is 302 g/mol. The van der Waals surface area contributed by atoms with Gasteiger partial charge in [0.25, 0.3) is 0 Å². The van der Waals surface area contributed by atoms with E-state index in [2.05, 4.69) is 31.4 Å². The molecule has 1 aliphatic rings. The second-order valence-electron chi connectivity index (χ2n) is 6.12. The first kappa shape index (κ1) is 17.6. The molecule has 20 heavy (non-hydrogen) atoms. The first-order valence-corrected chi connectivity index (χ1v) is 8.74. The van der Waals surface area contributed by atoms with E-state index in [1.165, 1.54) is 18.6 Å². The summed E-state index contributed by atoms with van der Waals surface area (Å²) in [6.07, 6.45) is 5.11. The topological polar surface area (TPSA) is 61.4 Å². The zero-order valence-electron chi connectivity index (χ0n) is 13.1. The summed E-state index contributed by atoms with van der Waals surface area (Å²) in [5.74, 6) is 1.20. The van der Waals surface area contributed by atoms with Crippen LogP contribution in [0.25, 0.3) is 0 Å². The molecule has 0 aromatic heterocycles. The minimum atomic E-state index is -0.0806. The van der Waals surface area contributed by atoms with E-state index < -0.39 is 0 Å². The molecular formula is C15H30N2O2S. The molecule has 1 fully saturated rings. The van der Waals surface area contributed by atoms with Crippen LogP contribution in [0.4, 0.5) is 4.79 Å². The maximum Gasteiger partial charge on any atom is 0.314 e. The molecule has 1 heterocycles. The molecule has 2 amide bonds. The summed E-state index contributed by atoms with van der Waals surface area (Å²) < 4.78 is 0.203. The van der Waals surface area contributed by atoms with Gasteiger partial charge in [-0.2, -0.15) is 11.8 Å². The second kappa shape index (κ2) is 8.13. The van der Waals surface area contributed by atoms with E-state index in [0.29, 0.717) is 6.54 Å². The van der Waals surface area contributed by atoms with Gasteiger partial charge in [0, 0.05) is 24.4 Å². The molecular weight excluding hydrogens is 272 g/mol. The van der Waals surface area contributed by atoms with Crippen molar-refractivity contribution < 1.29 is 9.90 Å². The van der Waals surface area contributed by atoms with Crippen LogP contribution in [-0.2, 0) is 0 Å². The molecule has 1 unspecified atom stereocenters. The van der Waals surface area contributed by atoms with Crippen LogP contribution in [0, 0.1) is 5.41 Å². The highest BCUT2D eigenvalue weighted by molar-refractivity contribution is 8.00. The molecule has 1 saturated heterocycles. The quantitative estimate of drug-likeness (QED) is 0.646. The molecule has 0 saturated carbocycles. The van der Waals surface area contributed by atoms with Crippen LogP contribution in [0.2, 0.25) is 0 Å². The average molecular weight is 302 g/mol. The van der Waals surface area contributed by atoms with E-state index >= 15 is 0 Å². The van der Waals surface area contributed by atoms with E-state index in [4.69, 9.17) is 0 Å². The molecule has 1 rings (SSSR count). The van der Waals surface area contributed by atoms with E-state index in [1.807, 2.05) is 11.8 Å². The summed E-state index contributed by atoms with van der Waals surface area (Å²) in [7, 11) is 0. The molecule has 3 N–H and O–H groups in total. The van der Waals surface area contributed by atoms with Crippen molar-refractivity contribution in [3.63, 3.8) is 0 Å². The van der Waals surface area contributed by atoms with Crippen LogP contribution in [0.3, 0.4) is 0 Å². The van der Waals surface area contributed by atoms with Gasteiger partial charge in [-0.05, 0) is 50.2 Å². The van der Waals surface area contributed by atoms with E-state index in [0.717, 1.165) is 25.8 Å². The lowest BCUT2D eigenvalue weighted by molar-refractivity contribution is 0.163. The summed E-state index contributed by atoms with van der Waals surface area (Å²) in [5, 5.41) is 15.2. The van der Waals surface area contributed by atoms with Crippen LogP contribution < -0.4 is 10.6 Å². The van der Waals surface area contributed by atoms with Gasteiger partial charge in [-0.1, -0.05) is 13.8 Å². The largest absolute Gasteiger partial charge is 0.396 e. The average Bonchev–Trinajstić information content (AvgIpc) is 2.89. The number of carbonyl (C=O) groups is 1. The normalized spacial score (nSPS) is 22.8. The van der Waals surface area contributed by atoms with Gasteiger partial charge in [-0.25, -0.2) is 4.79 Å². The summed E-state index contributed by atoms with van der Waals surface area (Å²) in [5.41, 5.74) is 0.0259. The number of carbonyl (C=O) groups excluding carboxylic acids is 1. The second-order valence-corrected chi connectivity index (χ2v) is 7.80. The Morgan fingerprint density at radius 2 is 2.05 bits per heavy atom. The number of aliphatic hydroxyl groups excluding tert-OH is 1. The lowest BCUT2D eigenvalue weighted by atomic mass is 9.79. The first-order chi connectivity index (χ1) is 9.49. The molecule has 4 nitrogen and oxygen atoms in total. The zero-order valence-corrected chi connectivity index (χ0v) is 13.9. The molecule has 0 bridgehead atoms. The molecule has 0 aromatic rings. The van der Waals surface area contributed by atoms with Crippen LogP contribution in [0.1, 0.15) is 52.9 Å². The first-order valence-electron chi connectivity index (χ1n) is 7.76. The summed E-state index contributed by atoms with van der Waals surface area (Å²) in [4.78, 5) is 11.9. The van der Waals surface area contributed by atoms with Gasteiger partial charge in [0.05, 0.1) is 0 Å². The number of rotatable bonds is 8. The number of nitrogens with one attached hydrogen (secondary N) is 2. The predicted molar refractivity (Wildman–Crippen MR) is 86.2 cm³/mol. The van der Waals surface area contributed by atoms with Crippen molar-refractivity contribution in [2.45, 2.75) is 57.6 Å². The van der Waals surface area contributed by atoms with Crippen molar-refractivity contribution in [3.8, 4) is 0 Å². The van der Waals surface area contributed by atoms with E-state index in [-0.39, 0.29) is 22.8 Å². The Morgan fingerprint density at radius 3 is 2.55 bits per heavy atom. The fraction of sp³-hybridized carbons (Fsp3) is 0.933. The number of urea groups is 1. The highest BCUT2D eigenvalue weighted by Crippen LogP contribution is 2.36. The maximum atomic E-state index is 11.9. The Bertz CT molecular complexity index is 300. The van der Waals surface area contributed by atoms with Crippen LogP contribution in [0.15, 0.2) is 0 Å². The SMILES string of the molecule is CCC(CC)(CCO)CNC(=O)NCC1(C)CCCS1. The number of amides is 2. The Kier molecular flexibility index (Phi) is 7.17. The highest BCUT2D eigenvalue weighted by Gasteiger charge is 2.30. The van der Waals surface area contributed by atoms with Crippen molar-refractivity contribution >= 4 is 17.8 Å². The lowest BCUT2D eigenvalue weighted by Crippen LogP contribution is -2.46. The van der Waals surface area contributed by atoms with E-state index in [1.54, 1.807) is 0 Å². The Hall–Kier alpha value is -0.420. The minimum absolute atomic E-state index is 0.0259. The predicted octanol–water partition coefficient (Wildman–Crippen LogP) is 2.76. The molecule has 0 radical (unpaired) electrons. The number of hydrogen-bond donors (Lipinski definition) is 3. The summed E-state index contributed by atoms with van der Waals surface area (Å²) in [6, 6.07) is -0.0806. The number of aliphatic hydroxyl groups is 1. The van der Waals surface area contributed by atoms with Gasteiger partial charge in [0.2, 0.25) is 0 Å². The van der Waals surface area contributed by atoms with Crippen molar-refractivity contribution in [2.75, 3.05) is 25.4 Å². The van der Waals surface area contributed by atoms with Gasteiger partial charge >= 0.3 is 6.03 Å². The van der Waals surface area contributed by atoms with Gasteiger partial charge < -0.3 is 15.7 Å². The van der Waals surface area contributed by atoms with Crippen LogP contribution in [0.5, 0.6) is 0 Å².